The fourth-order valence-electron chi connectivity index (χ4n) is 0.175. The van der Waals surface area contributed by atoms with Crippen molar-refractivity contribution in [2.45, 2.75) is 6.42 Å². The summed E-state index contributed by atoms with van der Waals surface area (Å²) in [6.45, 7) is 3.43. The third-order valence-electron chi connectivity index (χ3n) is 0.484. The lowest BCUT2D eigenvalue weighted by molar-refractivity contribution is -0.136. The molecule has 0 saturated carbocycles. The molecule has 0 aromatic heterocycles. The van der Waals surface area contributed by atoms with Gasteiger partial charge in [0.25, 0.3) is 0 Å². The van der Waals surface area contributed by atoms with Crippen LogP contribution in [0, 0.1) is 0 Å². The summed E-state index contributed by atoms with van der Waals surface area (Å²) in [4.78, 5) is 13.0. The lowest BCUT2D eigenvalue weighted by Gasteiger charge is -1.82. The van der Waals surface area contributed by atoms with Crippen LogP contribution in [0.5, 0.6) is 0 Å². The molecule has 0 atom stereocenters. The Hall–Kier alpha value is -0.860. The molecule has 0 bridgehead atoms. The van der Waals surface area contributed by atoms with E-state index in [4.69, 9.17) is 5.11 Å². The predicted molar refractivity (Wildman–Crippen MR) is 26.7 cm³/mol. The van der Waals surface area contributed by atoms with E-state index in [9.17, 15) is 4.79 Å². The fourth-order valence-corrected chi connectivity index (χ4v) is 0.175. The summed E-state index contributed by atoms with van der Waals surface area (Å²) >= 11 is 0. The number of rotatable bonds is 3. The molecule has 1 N–H and O–H groups in total. The van der Waals surface area contributed by atoms with Crippen molar-refractivity contribution in [3.8, 4) is 0 Å². The number of carbonyl (C=O) groups is 1. The Balaban J connectivity index is 2.97. The molecule has 40 valence electrons. The van der Waals surface area contributed by atoms with Crippen molar-refractivity contribution in [3.63, 3.8) is 0 Å². The number of aliphatic imine (C=N–C) groups is 1. The monoisotopic (exact) mass is 101 g/mol. The highest BCUT2D eigenvalue weighted by atomic mass is 16.4. The van der Waals surface area contributed by atoms with Crippen molar-refractivity contribution >= 4 is 12.7 Å². The Morgan fingerprint density at radius 2 is 2.43 bits per heavy atom. The third kappa shape index (κ3) is 5.14. The summed E-state index contributed by atoms with van der Waals surface area (Å²) < 4.78 is 0. The highest BCUT2D eigenvalue weighted by Crippen LogP contribution is 1.76. The minimum atomic E-state index is -0.826. The van der Waals surface area contributed by atoms with Gasteiger partial charge in [0, 0.05) is 6.54 Å². The summed E-state index contributed by atoms with van der Waals surface area (Å²) in [6, 6.07) is 0. The Morgan fingerprint density at radius 1 is 1.86 bits per heavy atom. The molecule has 0 aromatic carbocycles. The summed E-state index contributed by atoms with van der Waals surface area (Å²) in [5.74, 6) is -0.826. The van der Waals surface area contributed by atoms with Gasteiger partial charge < -0.3 is 10.1 Å². The van der Waals surface area contributed by atoms with Gasteiger partial charge in [-0.1, -0.05) is 0 Å². The second kappa shape index (κ2) is 3.33. The number of nitrogens with zero attached hydrogens (tertiary/aromatic N) is 1. The van der Waals surface area contributed by atoms with Crippen molar-refractivity contribution < 1.29 is 9.90 Å². The first-order valence-corrected chi connectivity index (χ1v) is 1.91. The third-order valence-corrected chi connectivity index (χ3v) is 0.484. The molecule has 0 aliphatic rings. The Labute approximate surface area is 41.7 Å². The molecular formula is C4H7NO2. The van der Waals surface area contributed by atoms with E-state index < -0.39 is 5.97 Å². The van der Waals surface area contributed by atoms with Crippen molar-refractivity contribution in [3.05, 3.63) is 0 Å². The minimum Gasteiger partial charge on any atom is -0.481 e. The van der Waals surface area contributed by atoms with Gasteiger partial charge in [-0.25, -0.2) is 0 Å². The van der Waals surface area contributed by atoms with Gasteiger partial charge in [-0.15, -0.1) is 0 Å². The molecule has 0 aromatic rings. The zero-order chi connectivity index (χ0) is 5.70. The number of carboxylic acid groups (broad SMARTS) is 1. The van der Waals surface area contributed by atoms with Crippen LogP contribution in [-0.2, 0) is 4.79 Å². The van der Waals surface area contributed by atoms with Crippen molar-refractivity contribution in [2.24, 2.45) is 4.99 Å². The van der Waals surface area contributed by atoms with Gasteiger partial charge in [-0.3, -0.25) is 4.79 Å². The van der Waals surface area contributed by atoms with E-state index in [-0.39, 0.29) is 6.42 Å². The molecular weight excluding hydrogens is 94.0 g/mol. The molecule has 0 aliphatic heterocycles. The van der Waals surface area contributed by atoms with Crippen LogP contribution in [0.1, 0.15) is 6.42 Å². The Morgan fingerprint density at radius 3 is 2.57 bits per heavy atom. The zero-order valence-electron chi connectivity index (χ0n) is 3.92. The van der Waals surface area contributed by atoms with E-state index in [1.54, 1.807) is 0 Å². The molecule has 0 unspecified atom stereocenters. The largest absolute Gasteiger partial charge is 0.481 e. The average molecular weight is 101 g/mol. The van der Waals surface area contributed by atoms with E-state index in [0.717, 1.165) is 0 Å². The summed E-state index contributed by atoms with van der Waals surface area (Å²) in [5, 5.41) is 7.96. The second-order valence-corrected chi connectivity index (χ2v) is 1.09. The molecule has 0 amide bonds. The van der Waals surface area contributed by atoms with E-state index in [1.165, 1.54) is 0 Å². The smallest absolute Gasteiger partial charge is 0.305 e. The van der Waals surface area contributed by atoms with Crippen LogP contribution < -0.4 is 0 Å². The quantitative estimate of drug-likeness (QED) is 0.515. The first-order chi connectivity index (χ1) is 3.27. The molecule has 0 rings (SSSR count). The van der Waals surface area contributed by atoms with E-state index in [0.29, 0.717) is 6.54 Å². The van der Waals surface area contributed by atoms with Crippen LogP contribution in [0.2, 0.25) is 0 Å². The maximum Gasteiger partial charge on any atom is 0.305 e. The van der Waals surface area contributed by atoms with Gasteiger partial charge in [0.15, 0.2) is 0 Å². The topological polar surface area (TPSA) is 49.7 Å². The van der Waals surface area contributed by atoms with Crippen molar-refractivity contribution in [2.75, 3.05) is 6.54 Å². The standard InChI is InChI=1S/C4H7NO2/c1-5-3-2-4(6)7/h1-3H2,(H,6,7). The van der Waals surface area contributed by atoms with Crippen LogP contribution in [0.4, 0.5) is 0 Å². The SMILES string of the molecule is C=NCCC(=O)O. The normalized spacial score (nSPS) is 8.00. The maximum absolute atomic E-state index is 9.67. The average Bonchev–Trinajstić information content (AvgIpc) is 1.61. The number of carboxylic acids is 1. The van der Waals surface area contributed by atoms with Crippen LogP contribution in [0.15, 0.2) is 4.99 Å². The van der Waals surface area contributed by atoms with Gasteiger partial charge in [0.1, 0.15) is 0 Å². The van der Waals surface area contributed by atoms with Crippen LogP contribution >= 0.6 is 0 Å². The number of hydrogen-bond acceptors (Lipinski definition) is 2. The lowest BCUT2D eigenvalue weighted by atomic mass is 10.4. The Bertz CT molecular complexity index is 79.8. The molecule has 3 heteroatoms. The summed E-state index contributed by atoms with van der Waals surface area (Å²) in [5.41, 5.74) is 0. The lowest BCUT2D eigenvalue weighted by Crippen LogP contribution is -1.95. The van der Waals surface area contributed by atoms with Crippen LogP contribution in [-0.4, -0.2) is 24.3 Å². The van der Waals surface area contributed by atoms with Crippen molar-refractivity contribution in [1.29, 1.82) is 0 Å². The van der Waals surface area contributed by atoms with Crippen LogP contribution in [0.25, 0.3) is 0 Å². The van der Waals surface area contributed by atoms with E-state index >= 15 is 0 Å². The highest BCUT2D eigenvalue weighted by molar-refractivity contribution is 5.66. The molecule has 0 spiro atoms. The van der Waals surface area contributed by atoms with Gasteiger partial charge in [0.2, 0.25) is 0 Å². The zero-order valence-corrected chi connectivity index (χ0v) is 3.92. The molecule has 7 heavy (non-hydrogen) atoms. The first kappa shape index (κ1) is 6.14. The van der Waals surface area contributed by atoms with Gasteiger partial charge in [0.05, 0.1) is 6.42 Å². The second-order valence-electron chi connectivity index (χ2n) is 1.09. The fraction of sp³-hybridized carbons (Fsp3) is 0.500. The number of hydrogen-bond donors (Lipinski definition) is 1. The highest BCUT2D eigenvalue weighted by Gasteiger charge is 1.89. The molecule has 3 nitrogen and oxygen atoms in total. The summed E-state index contributed by atoms with van der Waals surface area (Å²) in [6.07, 6.45) is 0.0868. The van der Waals surface area contributed by atoms with Gasteiger partial charge in [-0.05, 0) is 6.72 Å². The summed E-state index contributed by atoms with van der Waals surface area (Å²) in [7, 11) is 0. The molecule has 0 fully saturated rings. The van der Waals surface area contributed by atoms with Crippen LogP contribution in [0.3, 0.4) is 0 Å². The van der Waals surface area contributed by atoms with E-state index in [2.05, 4.69) is 11.7 Å². The molecule has 0 heterocycles. The molecule has 0 saturated heterocycles. The minimum absolute atomic E-state index is 0.0868. The Kier molecular flexibility index (Phi) is 2.92. The van der Waals surface area contributed by atoms with Gasteiger partial charge in [-0.2, -0.15) is 0 Å². The first-order valence-electron chi connectivity index (χ1n) is 1.91. The van der Waals surface area contributed by atoms with Gasteiger partial charge >= 0.3 is 5.97 Å². The van der Waals surface area contributed by atoms with Crippen molar-refractivity contribution in [1.82, 2.24) is 0 Å². The molecule has 0 aliphatic carbocycles. The maximum atomic E-state index is 9.67. The number of aliphatic carboxylic acids is 1. The van der Waals surface area contributed by atoms with E-state index in [1.807, 2.05) is 0 Å². The predicted octanol–water partition coefficient (Wildman–Crippen LogP) is 0.162. The molecule has 0 radical (unpaired) electrons.